The molecular weight excluding hydrogens is 508 g/mol. The van der Waals surface area contributed by atoms with E-state index < -0.39 is 31.4 Å². The van der Waals surface area contributed by atoms with Crippen LogP contribution < -0.4 is 10.1 Å². The maximum Gasteiger partial charge on any atom is 0.280 e. The van der Waals surface area contributed by atoms with Crippen molar-refractivity contribution in [3.63, 3.8) is 0 Å². The number of halogens is 4. The second-order valence-electron chi connectivity index (χ2n) is 9.58. The minimum atomic E-state index is -2.98. The normalized spacial score (nSPS) is 20.3. The Hall–Kier alpha value is -3.52. The smallest absolute Gasteiger partial charge is 0.280 e. The highest BCUT2D eigenvalue weighted by molar-refractivity contribution is 5.89. The number of nitrogens with zero attached hydrogens (tertiary/aromatic N) is 7. The van der Waals surface area contributed by atoms with Gasteiger partial charge in [-0.15, -0.1) is 10.2 Å². The summed E-state index contributed by atoms with van der Waals surface area (Å²) < 4.78 is 70.1. The number of anilines is 1. The third kappa shape index (κ3) is 4.21. The number of alkyl halides is 4. The number of hydrogen-bond acceptors (Lipinski definition) is 8. The van der Waals surface area contributed by atoms with Crippen LogP contribution in [0.2, 0.25) is 0 Å². The summed E-state index contributed by atoms with van der Waals surface area (Å²) in [6.07, 6.45) is 1.90. The van der Waals surface area contributed by atoms with Gasteiger partial charge in [-0.2, -0.15) is 4.98 Å². The minimum Gasteiger partial charge on any atom is -0.479 e. The lowest BCUT2D eigenvalue weighted by atomic mass is 9.98. The van der Waals surface area contributed by atoms with Crippen molar-refractivity contribution in [2.75, 3.05) is 52.1 Å². The Balaban J connectivity index is 1.31. The Morgan fingerprint density at radius 2 is 2.03 bits per heavy atom. The van der Waals surface area contributed by atoms with Gasteiger partial charge >= 0.3 is 0 Å². The van der Waals surface area contributed by atoms with Gasteiger partial charge in [0.1, 0.15) is 30.4 Å². The summed E-state index contributed by atoms with van der Waals surface area (Å²) in [6.45, 7) is -0.699. The van der Waals surface area contributed by atoms with E-state index in [1.165, 1.54) is 16.3 Å². The van der Waals surface area contributed by atoms with Crippen molar-refractivity contribution in [2.24, 2.45) is 0 Å². The van der Waals surface area contributed by atoms with Gasteiger partial charge in [0.15, 0.2) is 0 Å². The van der Waals surface area contributed by atoms with Gasteiger partial charge < -0.3 is 14.8 Å². The number of hydrogen-bond donors (Lipinski definition) is 1. The molecule has 0 amide bonds. The third-order valence-electron chi connectivity index (χ3n) is 7.23. The van der Waals surface area contributed by atoms with E-state index in [0.29, 0.717) is 47.4 Å². The molecule has 5 heterocycles. The van der Waals surface area contributed by atoms with Crippen LogP contribution in [0.5, 0.6) is 5.88 Å². The molecule has 2 fully saturated rings. The Kier molecular flexibility index (Phi) is 6.30. The first-order chi connectivity index (χ1) is 18.4. The summed E-state index contributed by atoms with van der Waals surface area (Å²) in [5, 5.41) is 15.1. The zero-order valence-electron chi connectivity index (χ0n) is 20.5. The van der Waals surface area contributed by atoms with E-state index in [9.17, 15) is 17.6 Å². The first-order valence-electron chi connectivity index (χ1n) is 12.3. The van der Waals surface area contributed by atoms with Gasteiger partial charge in [0, 0.05) is 18.3 Å². The summed E-state index contributed by atoms with van der Waals surface area (Å²) in [5.74, 6) is -2.77. The molecule has 0 saturated carbocycles. The van der Waals surface area contributed by atoms with Crippen LogP contribution in [0, 0.1) is 0 Å². The molecule has 0 radical (unpaired) electrons. The highest BCUT2D eigenvalue weighted by Crippen LogP contribution is 2.35. The second-order valence-corrected chi connectivity index (χ2v) is 9.58. The molecule has 0 spiro atoms. The van der Waals surface area contributed by atoms with E-state index in [0.717, 1.165) is 0 Å². The predicted octanol–water partition coefficient (Wildman–Crippen LogP) is 3.15. The quantitative estimate of drug-likeness (QED) is 0.345. The third-order valence-corrected chi connectivity index (χ3v) is 7.23. The van der Waals surface area contributed by atoms with E-state index in [2.05, 4.69) is 25.7 Å². The monoisotopic (exact) mass is 534 g/mol. The summed E-state index contributed by atoms with van der Waals surface area (Å²) in [5.41, 5.74) is 2.86. The number of nitrogens with one attached hydrogen (secondary N) is 1. The summed E-state index contributed by atoms with van der Waals surface area (Å²) >= 11 is 0. The second kappa shape index (κ2) is 9.66. The van der Waals surface area contributed by atoms with Crippen LogP contribution in [0.3, 0.4) is 0 Å². The highest BCUT2D eigenvalue weighted by Gasteiger charge is 2.47. The molecule has 2 saturated heterocycles. The van der Waals surface area contributed by atoms with Crippen molar-refractivity contribution < 1.29 is 27.0 Å². The molecule has 10 nitrogen and oxygen atoms in total. The van der Waals surface area contributed by atoms with Crippen LogP contribution >= 0.6 is 0 Å². The predicted molar refractivity (Wildman–Crippen MR) is 130 cm³/mol. The lowest BCUT2D eigenvalue weighted by Gasteiger charge is -2.44. The molecule has 0 aliphatic carbocycles. The fourth-order valence-corrected chi connectivity index (χ4v) is 5.02. The summed E-state index contributed by atoms with van der Waals surface area (Å²) in [7, 11) is 1.44. The maximum absolute atomic E-state index is 15.0. The SMILES string of the molecule is COc1nc(NC2CCN(C3COC3)CC2(F)F)nn2ccc(-c3ccc4nnn(C(CF)CF)c4c3)c12. The summed E-state index contributed by atoms with van der Waals surface area (Å²) in [6, 6.07) is 4.85. The number of methoxy groups -OCH3 is 1. The Bertz CT molecular complexity index is 1450. The van der Waals surface area contributed by atoms with Crippen LogP contribution in [-0.4, -0.2) is 99.3 Å². The molecule has 4 aromatic rings. The van der Waals surface area contributed by atoms with Crippen LogP contribution in [0.1, 0.15) is 12.5 Å². The van der Waals surface area contributed by atoms with Crippen LogP contribution in [0.15, 0.2) is 30.5 Å². The molecule has 202 valence electrons. The Morgan fingerprint density at radius 1 is 1.21 bits per heavy atom. The maximum atomic E-state index is 15.0. The molecule has 2 aliphatic heterocycles. The van der Waals surface area contributed by atoms with Gasteiger partial charge in [-0.1, -0.05) is 11.3 Å². The molecule has 2 aliphatic rings. The molecule has 3 aromatic heterocycles. The number of benzene rings is 1. The first kappa shape index (κ1) is 24.8. The average molecular weight is 535 g/mol. The van der Waals surface area contributed by atoms with E-state index in [1.54, 1.807) is 35.4 Å². The lowest BCUT2D eigenvalue weighted by molar-refractivity contribution is -0.131. The van der Waals surface area contributed by atoms with Gasteiger partial charge in [0.05, 0.1) is 44.5 Å². The van der Waals surface area contributed by atoms with Crippen molar-refractivity contribution in [1.29, 1.82) is 0 Å². The molecule has 38 heavy (non-hydrogen) atoms. The molecule has 1 aromatic carbocycles. The van der Waals surface area contributed by atoms with Gasteiger partial charge in [0.2, 0.25) is 11.8 Å². The molecular formula is C24H26F4N8O2. The number of rotatable bonds is 8. The van der Waals surface area contributed by atoms with E-state index in [4.69, 9.17) is 9.47 Å². The van der Waals surface area contributed by atoms with Crippen molar-refractivity contribution in [1.82, 2.24) is 34.5 Å². The van der Waals surface area contributed by atoms with Gasteiger partial charge in [-0.05, 0) is 30.2 Å². The van der Waals surface area contributed by atoms with E-state index in [-0.39, 0.29) is 30.8 Å². The average Bonchev–Trinajstić information content (AvgIpc) is 3.49. The number of likely N-dealkylation sites (tertiary alicyclic amines) is 1. The van der Waals surface area contributed by atoms with Crippen LogP contribution in [0.25, 0.3) is 27.7 Å². The standard InChI is InChI=1S/C24H26F4N8O2/c1-37-22-21-17(14-2-3-18-19(8-14)36(33-31-18)15(9-25)10-26)4-7-35(21)32-23(30-22)29-20-5-6-34(13-24(20,27)28)16-11-38-12-16/h2-4,7-8,15-16,20H,5-6,9-13H2,1H3,(H,29,32). The zero-order valence-corrected chi connectivity index (χ0v) is 20.5. The molecule has 1 N–H and O–H groups in total. The summed E-state index contributed by atoms with van der Waals surface area (Å²) in [4.78, 5) is 6.15. The van der Waals surface area contributed by atoms with Gasteiger partial charge in [-0.25, -0.2) is 26.8 Å². The fraction of sp³-hybridized carbons (Fsp3) is 0.500. The molecule has 0 bridgehead atoms. The van der Waals surface area contributed by atoms with Gasteiger partial charge in [-0.3, -0.25) is 4.90 Å². The Labute approximate surface area is 214 Å². The minimum absolute atomic E-state index is 0.0214. The highest BCUT2D eigenvalue weighted by atomic mass is 19.3. The molecule has 1 unspecified atom stereocenters. The van der Waals surface area contributed by atoms with Crippen LogP contribution in [-0.2, 0) is 4.74 Å². The van der Waals surface area contributed by atoms with Crippen LogP contribution in [0.4, 0.5) is 23.5 Å². The molecule has 6 rings (SSSR count). The van der Waals surface area contributed by atoms with Crippen molar-refractivity contribution in [3.05, 3.63) is 30.5 Å². The molecule has 14 heteroatoms. The number of ether oxygens (including phenoxy) is 2. The molecule has 1 atom stereocenters. The Morgan fingerprint density at radius 3 is 2.71 bits per heavy atom. The van der Waals surface area contributed by atoms with Gasteiger partial charge in [0.25, 0.3) is 5.92 Å². The lowest BCUT2D eigenvalue weighted by Crippen LogP contribution is -2.61. The van der Waals surface area contributed by atoms with E-state index in [1.807, 2.05) is 0 Å². The first-order valence-corrected chi connectivity index (χ1v) is 12.3. The van der Waals surface area contributed by atoms with Crippen molar-refractivity contribution in [3.8, 4) is 17.0 Å². The number of aromatic nitrogens is 6. The van der Waals surface area contributed by atoms with Crippen molar-refractivity contribution in [2.45, 2.75) is 30.5 Å². The fourth-order valence-electron chi connectivity index (χ4n) is 5.02. The van der Waals surface area contributed by atoms with Crippen molar-refractivity contribution >= 4 is 22.5 Å². The largest absolute Gasteiger partial charge is 0.479 e. The van der Waals surface area contributed by atoms with E-state index >= 15 is 0 Å². The zero-order chi connectivity index (χ0) is 26.4. The number of piperidine rings is 1. The topological polar surface area (TPSA) is 94.6 Å². The number of fused-ring (bicyclic) bond motifs is 2.